The fraction of sp³-hybridized carbons (Fsp3) is 0.0652. The maximum atomic E-state index is 4.99. The zero-order valence-corrected chi connectivity index (χ0v) is 28.1. The Morgan fingerprint density at radius 1 is 0.490 bits per heavy atom. The van der Waals surface area contributed by atoms with Gasteiger partial charge in [0, 0.05) is 50.3 Å². The molecule has 0 saturated heterocycles. The van der Waals surface area contributed by atoms with E-state index in [0.717, 1.165) is 28.1 Å². The molecule has 2 unspecified atom stereocenters. The zero-order valence-electron chi connectivity index (χ0n) is 28.1. The molecule has 2 atom stereocenters. The first-order chi connectivity index (χ1) is 25.2. The van der Waals surface area contributed by atoms with Crippen LogP contribution in [0.3, 0.4) is 0 Å². The van der Waals surface area contributed by atoms with Crippen LogP contribution in [0.25, 0.3) is 62.5 Å². The molecule has 8 aromatic rings. The van der Waals surface area contributed by atoms with Crippen LogP contribution >= 0.6 is 0 Å². The van der Waals surface area contributed by atoms with Crippen LogP contribution in [0.15, 0.2) is 164 Å². The second-order valence-corrected chi connectivity index (χ2v) is 13.3. The van der Waals surface area contributed by atoms with Gasteiger partial charge in [-0.05, 0) is 60.0 Å². The number of anilines is 2. The summed E-state index contributed by atoms with van der Waals surface area (Å²) in [5.74, 6) is 2.48. The van der Waals surface area contributed by atoms with Gasteiger partial charge in [0.2, 0.25) is 0 Å². The number of hydrogen-bond acceptors (Lipinski definition) is 4. The summed E-state index contributed by atoms with van der Waals surface area (Å²) in [6.45, 7) is 2.36. The molecule has 10 rings (SSSR count). The van der Waals surface area contributed by atoms with Crippen LogP contribution in [0.4, 0.5) is 11.4 Å². The summed E-state index contributed by atoms with van der Waals surface area (Å²) >= 11 is 0. The lowest BCUT2D eigenvalue weighted by molar-refractivity contribution is 0.683. The number of aromatic nitrogens is 4. The van der Waals surface area contributed by atoms with Gasteiger partial charge < -0.3 is 9.47 Å². The Kier molecular flexibility index (Phi) is 6.78. The van der Waals surface area contributed by atoms with Gasteiger partial charge in [-0.25, -0.2) is 15.0 Å². The summed E-state index contributed by atoms with van der Waals surface area (Å²) in [5.41, 5.74) is 10.2. The highest BCUT2D eigenvalue weighted by Gasteiger charge is 2.40. The molecule has 6 aromatic carbocycles. The van der Waals surface area contributed by atoms with Crippen LogP contribution in [0, 0.1) is 5.92 Å². The largest absolute Gasteiger partial charge is 0.311 e. The molecule has 1 aliphatic heterocycles. The summed E-state index contributed by atoms with van der Waals surface area (Å²) < 4.78 is 2.46. The third kappa shape index (κ3) is 4.73. The van der Waals surface area contributed by atoms with E-state index in [9.17, 15) is 0 Å². The van der Waals surface area contributed by atoms with Gasteiger partial charge in [0.25, 0.3) is 0 Å². The van der Waals surface area contributed by atoms with Crippen LogP contribution in [-0.4, -0.2) is 19.5 Å². The minimum atomic E-state index is 0.213. The summed E-state index contributed by atoms with van der Waals surface area (Å²) in [4.78, 5) is 17.4. The summed E-state index contributed by atoms with van der Waals surface area (Å²) in [6.07, 6.45) is 2.49. The third-order valence-electron chi connectivity index (χ3n) is 10.3. The number of fused-ring (bicyclic) bond motifs is 6. The molecular weight excluding hydrogens is 623 g/mol. The first-order valence-electron chi connectivity index (χ1n) is 17.5. The van der Waals surface area contributed by atoms with Gasteiger partial charge in [-0.1, -0.05) is 128 Å². The predicted octanol–water partition coefficient (Wildman–Crippen LogP) is 9.29. The SMILES string of the molecule is CC1C=c2c(n(-c3ccccc3)c3ccccc23)=C2C1c1ccccc1N2c1ccc(-c2nc(-c3ccccc3)nc(-c3ccccc3)n2)cc1. The van der Waals surface area contributed by atoms with Gasteiger partial charge >= 0.3 is 0 Å². The first kappa shape index (κ1) is 29.3. The minimum absolute atomic E-state index is 0.213. The molecule has 0 saturated carbocycles. The highest BCUT2D eigenvalue weighted by Crippen LogP contribution is 2.52. The predicted molar refractivity (Wildman–Crippen MR) is 207 cm³/mol. The second kappa shape index (κ2) is 11.8. The fourth-order valence-corrected chi connectivity index (χ4v) is 8.02. The molecule has 0 fully saturated rings. The van der Waals surface area contributed by atoms with E-state index in [1.165, 1.54) is 38.4 Å². The quantitative estimate of drug-likeness (QED) is 0.185. The summed E-state index contributed by atoms with van der Waals surface area (Å²) in [5, 5.41) is 3.83. The smallest absolute Gasteiger partial charge is 0.164 e. The van der Waals surface area contributed by atoms with Crippen LogP contribution < -0.4 is 15.5 Å². The van der Waals surface area contributed by atoms with Crippen molar-refractivity contribution in [1.29, 1.82) is 0 Å². The zero-order chi connectivity index (χ0) is 33.9. The van der Waals surface area contributed by atoms with Crippen molar-refractivity contribution in [3.05, 3.63) is 180 Å². The fourth-order valence-electron chi connectivity index (χ4n) is 8.02. The van der Waals surface area contributed by atoms with Gasteiger partial charge in [0.1, 0.15) is 0 Å². The molecule has 5 nitrogen and oxygen atoms in total. The van der Waals surface area contributed by atoms with E-state index in [4.69, 9.17) is 15.0 Å². The Hall–Kier alpha value is -6.59. The average Bonchev–Trinajstić information content (AvgIpc) is 3.72. The summed E-state index contributed by atoms with van der Waals surface area (Å²) in [7, 11) is 0. The van der Waals surface area contributed by atoms with Crippen LogP contribution in [-0.2, 0) is 0 Å². The standard InChI is InChI=1S/C46H33N5/c1-30-29-38-36-21-11-13-23-39(36)50(34-19-9-4-10-20-34)42(38)43-41(30)37-22-12-14-24-40(37)51(43)35-27-25-33(26-28-35)46-48-44(31-15-5-2-6-16-31)47-45(49-46)32-17-7-3-8-18-32/h2-30,41H,1H3. The maximum absolute atomic E-state index is 4.99. The van der Waals surface area contributed by atoms with Crippen molar-refractivity contribution in [2.75, 3.05) is 4.90 Å². The normalized spacial score (nSPS) is 16.0. The lowest BCUT2D eigenvalue weighted by Gasteiger charge is -2.28. The number of nitrogens with zero attached hydrogens (tertiary/aromatic N) is 5. The Morgan fingerprint density at radius 3 is 1.67 bits per heavy atom. The van der Waals surface area contributed by atoms with Crippen LogP contribution in [0.1, 0.15) is 18.4 Å². The first-order valence-corrected chi connectivity index (χ1v) is 17.5. The highest BCUT2D eigenvalue weighted by molar-refractivity contribution is 5.95. The number of hydrogen-bond donors (Lipinski definition) is 0. The molecular formula is C46H33N5. The average molecular weight is 656 g/mol. The Morgan fingerprint density at radius 2 is 1.02 bits per heavy atom. The van der Waals surface area contributed by atoms with Crippen molar-refractivity contribution < 1.29 is 0 Å². The van der Waals surface area contributed by atoms with E-state index in [1.807, 2.05) is 60.7 Å². The number of rotatable bonds is 5. The molecule has 2 aromatic heterocycles. The molecule has 2 aliphatic rings. The van der Waals surface area contributed by atoms with Crippen molar-refractivity contribution in [3.63, 3.8) is 0 Å². The highest BCUT2D eigenvalue weighted by atomic mass is 15.2. The lowest BCUT2D eigenvalue weighted by atomic mass is 9.83. The molecule has 51 heavy (non-hydrogen) atoms. The molecule has 0 bridgehead atoms. The van der Waals surface area contributed by atoms with E-state index < -0.39 is 0 Å². The van der Waals surface area contributed by atoms with E-state index >= 15 is 0 Å². The molecule has 0 radical (unpaired) electrons. The van der Waals surface area contributed by atoms with Gasteiger partial charge in [0.05, 0.1) is 16.6 Å². The second-order valence-electron chi connectivity index (χ2n) is 13.3. The Bertz CT molecular complexity index is 2640. The van der Waals surface area contributed by atoms with E-state index in [2.05, 4.69) is 126 Å². The molecule has 0 spiro atoms. The van der Waals surface area contributed by atoms with Crippen molar-refractivity contribution >= 4 is 34.1 Å². The maximum Gasteiger partial charge on any atom is 0.164 e. The van der Waals surface area contributed by atoms with Crippen molar-refractivity contribution in [2.24, 2.45) is 5.92 Å². The third-order valence-corrected chi connectivity index (χ3v) is 10.3. The van der Waals surface area contributed by atoms with Crippen molar-refractivity contribution in [3.8, 4) is 39.9 Å². The molecule has 242 valence electrons. The van der Waals surface area contributed by atoms with Crippen LogP contribution in [0.5, 0.6) is 0 Å². The lowest BCUT2D eigenvalue weighted by Crippen LogP contribution is -2.40. The number of benzene rings is 6. The Labute approximate surface area is 296 Å². The topological polar surface area (TPSA) is 46.8 Å². The van der Waals surface area contributed by atoms with Gasteiger partial charge in [0.15, 0.2) is 17.5 Å². The van der Waals surface area contributed by atoms with E-state index in [1.54, 1.807) is 0 Å². The summed E-state index contributed by atoms with van der Waals surface area (Å²) in [6, 6.07) is 57.5. The molecule has 1 aliphatic carbocycles. The van der Waals surface area contributed by atoms with Crippen molar-refractivity contribution in [2.45, 2.75) is 12.8 Å². The van der Waals surface area contributed by atoms with Gasteiger partial charge in [-0.2, -0.15) is 0 Å². The Balaban J connectivity index is 1.18. The molecule has 5 heteroatoms. The monoisotopic (exact) mass is 655 g/mol. The van der Waals surface area contributed by atoms with E-state index in [0.29, 0.717) is 23.4 Å². The molecule has 3 heterocycles. The molecule has 0 amide bonds. The van der Waals surface area contributed by atoms with Gasteiger partial charge in [-0.3, -0.25) is 0 Å². The molecule has 0 N–H and O–H groups in total. The minimum Gasteiger partial charge on any atom is -0.311 e. The van der Waals surface area contributed by atoms with Crippen LogP contribution in [0.2, 0.25) is 0 Å². The van der Waals surface area contributed by atoms with E-state index in [-0.39, 0.29) is 5.92 Å². The van der Waals surface area contributed by atoms with Gasteiger partial charge in [-0.15, -0.1) is 0 Å². The number of para-hydroxylation sites is 3. The van der Waals surface area contributed by atoms with Crippen molar-refractivity contribution in [1.82, 2.24) is 19.5 Å².